The summed E-state index contributed by atoms with van der Waals surface area (Å²) in [7, 11) is 1.83. The molecule has 4 nitrogen and oxygen atoms in total. The molecule has 0 amide bonds. The summed E-state index contributed by atoms with van der Waals surface area (Å²) >= 11 is 5.88. The Hall–Kier alpha value is -2.07. The van der Waals surface area contributed by atoms with Crippen molar-refractivity contribution in [3.63, 3.8) is 0 Å². The zero-order chi connectivity index (χ0) is 14.7. The van der Waals surface area contributed by atoms with Crippen molar-refractivity contribution < 1.29 is 0 Å². The van der Waals surface area contributed by atoms with Gasteiger partial charge in [-0.2, -0.15) is 5.10 Å². The fraction of sp³-hybridized carbons (Fsp3) is 0.200. The molecule has 0 aliphatic carbocycles. The van der Waals surface area contributed by atoms with Gasteiger partial charge in [-0.15, -0.1) is 0 Å². The lowest BCUT2D eigenvalue weighted by Gasteiger charge is -2.14. The number of rotatable bonds is 3. The maximum absolute atomic E-state index is 5.99. The predicted molar refractivity (Wildman–Crippen MR) is 85.5 cm³/mol. The maximum Gasteiger partial charge on any atom is 0.150 e. The minimum Gasteiger partial charge on any atom is -0.398 e. The Morgan fingerprint density at radius 1 is 1.30 bits per heavy atom. The van der Waals surface area contributed by atoms with Crippen molar-refractivity contribution in [3.05, 3.63) is 52.7 Å². The van der Waals surface area contributed by atoms with Crippen LogP contribution in [-0.4, -0.2) is 17.7 Å². The summed E-state index contributed by atoms with van der Waals surface area (Å²) in [4.78, 5) is 4.21. The number of aromatic nitrogens is 1. The van der Waals surface area contributed by atoms with Crippen LogP contribution in [0.4, 0.5) is 11.5 Å². The van der Waals surface area contributed by atoms with Gasteiger partial charge in [0.15, 0.2) is 0 Å². The van der Waals surface area contributed by atoms with Crippen LogP contribution in [0.25, 0.3) is 0 Å². The Balaban J connectivity index is 2.32. The smallest absolute Gasteiger partial charge is 0.150 e. The van der Waals surface area contributed by atoms with Crippen molar-refractivity contribution in [2.45, 2.75) is 13.8 Å². The summed E-state index contributed by atoms with van der Waals surface area (Å²) in [6.07, 6.45) is 0. The van der Waals surface area contributed by atoms with Gasteiger partial charge in [0, 0.05) is 18.3 Å². The zero-order valence-electron chi connectivity index (χ0n) is 11.8. The largest absolute Gasteiger partial charge is 0.398 e. The van der Waals surface area contributed by atoms with Crippen LogP contribution in [0.15, 0.2) is 41.5 Å². The van der Waals surface area contributed by atoms with Gasteiger partial charge in [0.1, 0.15) is 11.0 Å². The van der Waals surface area contributed by atoms with Gasteiger partial charge < -0.3 is 5.73 Å². The third-order valence-electron chi connectivity index (χ3n) is 2.93. The standard InChI is InChI=1S/C15H17ClN4/c1-10-7-8-13(17)12(9-10)11(2)19-20(3)15-6-4-5-14(16)18-15/h4-9H,17H2,1-3H3/b19-11+. The van der Waals surface area contributed by atoms with Crippen molar-refractivity contribution in [1.82, 2.24) is 4.98 Å². The van der Waals surface area contributed by atoms with Crippen molar-refractivity contribution in [2.24, 2.45) is 5.10 Å². The molecule has 2 aromatic rings. The molecule has 104 valence electrons. The van der Waals surface area contributed by atoms with Crippen LogP contribution < -0.4 is 10.7 Å². The second-order valence-corrected chi connectivity index (χ2v) is 5.01. The average Bonchev–Trinajstić information content (AvgIpc) is 2.41. The molecule has 20 heavy (non-hydrogen) atoms. The number of pyridine rings is 1. The van der Waals surface area contributed by atoms with Crippen LogP contribution in [-0.2, 0) is 0 Å². The summed E-state index contributed by atoms with van der Waals surface area (Å²) < 4.78 is 0. The van der Waals surface area contributed by atoms with Gasteiger partial charge in [-0.1, -0.05) is 29.3 Å². The Bertz CT molecular complexity index is 652. The summed E-state index contributed by atoms with van der Waals surface area (Å²) in [5, 5.41) is 6.63. The molecule has 0 bridgehead atoms. The van der Waals surface area contributed by atoms with Gasteiger partial charge >= 0.3 is 0 Å². The van der Waals surface area contributed by atoms with E-state index in [9.17, 15) is 0 Å². The van der Waals surface area contributed by atoms with Crippen LogP contribution in [0.1, 0.15) is 18.1 Å². The van der Waals surface area contributed by atoms with Crippen molar-refractivity contribution in [2.75, 3.05) is 17.8 Å². The fourth-order valence-corrected chi connectivity index (χ4v) is 2.05. The molecule has 0 saturated carbocycles. The lowest BCUT2D eigenvalue weighted by atomic mass is 10.1. The third-order valence-corrected chi connectivity index (χ3v) is 3.14. The molecule has 0 aliphatic heterocycles. The predicted octanol–water partition coefficient (Wildman–Crippen LogP) is 3.49. The van der Waals surface area contributed by atoms with E-state index in [4.69, 9.17) is 17.3 Å². The molecule has 0 atom stereocenters. The van der Waals surface area contributed by atoms with E-state index in [2.05, 4.69) is 10.1 Å². The Morgan fingerprint density at radius 2 is 2.05 bits per heavy atom. The highest BCUT2D eigenvalue weighted by Gasteiger charge is 2.06. The first-order valence-electron chi connectivity index (χ1n) is 6.25. The van der Waals surface area contributed by atoms with Gasteiger partial charge in [0.25, 0.3) is 0 Å². The number of benzene rings is 1. The minimum absolute atomic E-state index is 0.442. The lowest BCUT2D eigenvalue weighted by molar-refractivity contribution is 0.975. The highest BCUT2D eigenvalue weighted by molar-refractivity contribution is 6.29. The summed E-state index contributed by atoms with van der Waals surface area (Å²) in [6, 6.07) is 11.3. The van der Waals surface area contributed by atoms with Crippen molar-refractivity contribution >= 4 is 28.8 Å². The Morgan fingerprint density at radius 3 is 2.75 bits per heavy atom. The molecule has 0 spiro atoms. The molecular weight excluding hydrogens is 272 g/mol. The van der Waals surface area contributed by atoms with Crippen LogP contribution in [0.5, 0.6) is 0 Å². The molecule has 2 N–H and O–H groups in total. The van der Waals surface area contributed by atoms with Crippen molar-refractivity contribution in [1.29, 1.82) is 0 Å². The first-order valence-corrected chi connectivity index (χ1v) is 6.63. The highest BCUT2D eigenvalue weighted by atomic mass is 35.5. The first kappa shape index (κ1) is 14.3. The number of nitrogen functional groups attached to an aromatic ring is 1. The second kappa shape index (κ2) is 5.92. The molecule has 1 heterocycles. The van der Waals surface area contributed by atoms with E-state index < -0.39 is 0 Å². The summed E-state index contributed by atoms with van der Waals surface area (Å²) in [6.45, 7) is 3.95. The van der Waals surface area contributed by atoms with E-state index >= 15 is 0 Å². The molecular formula is C15H17ClN4. The number of hydrogen-bond donors (Lipinski definition) is 1. The van der Waals surface area contributed by atoms with Gasteiger partial charge in [-0.05, 0) is 38.1 Å². The number of halogens is 1. The normalized spacial score (nSPS) is 11.5. The van der Waals surface area contributed by atoms with Crippen LogP contribution >= 0.6 is 11.6 Å². The molecule has 0 aliphatic rings. The monoisotopic (exact) mass is 288 g/mol. The molecule has 0 fully saturated rings. The van der Waals surface area contributed by atoms with E-state index in [0.29, 0.717) is 16.7 Å². The number of nitrogens with two attached hydrogens (primary N) is 1. The quantitative estimate of drug-likeness (QED) is 0.407. The molecule has 5 heteroatoms. The topological polar surface area (TPSA) is 54.5 Å². The lowest BCUT2D eigenvalue weighted by Crippen LogP contribution is -2.14. The maximum atomic E-state index is 5.99. The number of aryl methyl sites for hydroxylation is 1. The third kappa shape index (κ3) is 3.27. The second-order valence-electron chi connectivity index (χ2n) is 4.62. The van der Waals surface area contributed by atoms with E-state index in [1.165, 1.54) is 0 Å². The molecule has 0 saturated heterocycles. The fourth-order valence-electron chi connectivity index (χ4n) is 1.89. The van der Waals surface area contributed by atoms with E-state index in [0.717, 1.165) is 16.8 Å². The molecule has 0 unspecified atom stereocenters. The van der Waals surface area contributed by atoms with Gasteiger partial charge in [0.2, 0.25) is 0 Å². The van der Waals surface area contributed by atoms with Gasteiger partial charge in [-0.25, -0.2) is 4.98 Å². The molecule has 1 aromatic heterocycles. The minimum atomic E-state index is 0.442. The van der Waals surface area contributed by atoms with E-state index in [1.54, 1.807) is 11.1 Å². The Kier molecular flexibility index (Phi) is 4.25. The number of hydrazone groups is 1. The van der Waals surface area contributed by atoms with Crippen LogP contribution in [0.2, 0.25) is 5.15 Å². The Labute approximate surface area is 123 Å². The zero-order valence-corrected chi connectivity index (χ0v) is 12.5. The molecule has 1 aromatic carbocycles. The highest BCUT2D eigenvalue weighted by Crippen LogP contribution is 2.17. The van der Waals surface area contributed by atoms with Crippen molar-refractivity contribution in [3.8, 4) is 0 Å². The SMILES string of the molecule is C/C(=N\N(C)c1cccc(Cl)n1)c1cc(C)ccc1N. The summed E-state index contributed by atoms with van der Waals surface area (Å²) in [5.41, 5.74) is 9.61. The molecule has 2 rings (SSSR count). The summed E-state index contributed by atoms with van der Waals surface area (Å²) in [5.74, 6) is 0.683. The van der Waals surface area contributed by atoms with E-state index in [1.807, 2.05) is 51.2 Å². The van der Waals surface area contributed by atoms with Crippen LogP contribution in [0, 0.1) is 6.92 Å². The van der Waals surface area contributed by atoms with E-state index in [-0.39, 0.29) is 0 Å². The van der Waals surface area contributed by atoms with Crippen LogP contribution in [0.3, 0.4) is 0 Å². The van der Waals surface area contributed by atoms with Gasteiger partial charge in [-0.3, -0.25) is 5.01 Å². The number of nitrogens with zero attached hydrogens (tertiary/aromatic N) is 3. The first-order chi connectivity index (χ1) is 9.47. The number of hydrogen-bond acceptors (Lipinski definition) is 4. The number of anilines is 2. The average molecular weight is 289 g/mol. The molecule has 0 radical (unpaired) electrons. The van der Waals surface area contributed by atoms with Gasteiger partial charge in [0.05, 0.1) is 5.71 Å².